The van der Waals surface area contributed by atoms with Crippen LogP contribution in [0.1, 0.15) is 38.7 Å². The Morgan fingerprint density at radius 2 is 1.36 bits per heavy atom. The Hall–Kier alpha value is -2.32. The Labute approximate surface area is 154 Å². The van der Waals surface area contributed by atoms with Crippen molar-refractivity contribution in [2.24, 2.45) is 0 Å². The van der Waals surface area contributed by atoms with Crippen LogP contribution in [0.4, 0.5) is 0 Å². The molecule has 0 N–H and O–H groups in total. The van der Waals surface area contributed by atoms with Gasteiger partial charge in [0.2, 0.25) is 0 Å². The minimum absolute atomic E-state index is 0.105. The third-order valence-corrected chi connectivity index (χ3v) is 5.91. The summed E-state index contributed by atoms with van der Waals surface area (Å²) in [6.07, 6.45) is 0.493. The van der Waals surface area contributed by atoms with Crippen molar-refractivity contribution in [1.29, 1.82) is 0 Å². The molecule has 0 unspecified atom stereocenters. The highest BCUT2D eigenvalue weighted by Crippen LogP contribution is 2.41. The van der Waals surface area contributed by atoms with Crippen LogP contribution in [0, 0.1) is 13.8 Å². The van der Waals surface area contributed by atoms with Crippen LogP contribution in [0.15, 0.2) is 83.8 Å². The topological polar surface area (TPSA) is 17.1 Å². The summed E-state index contributed by atoms with van der Waals surface area (Å²) in [5.74, 6) is 0.188. The number of rotatable bonds is 6. The number of carbonyl (C=O) groups excluding carboxylic acids is 1. The van der Waals surface area contributed by atoms with Crippen LogP contribution >= 0.6 is 11.8 Å². The lowest BCUT2D eigenvalue weighted by atomic mass is 10.0. The van der Waals surface area contributed by atoms with E-state index >= 15 is 0 Å². The Morgan fingerprint density at radius 1 is 0.800 bits per heavy atom. The molecule has 0 fully saturated rings. The highest BCUT2D eigenvalue weighted by Gasteiger charge is 2.20. The molecule has 25 heavy (non-hydrogen) atoms. The van der Waals surface area contributed by atoms with Gasteiger partial charge < -0.3 is 0 Å². The molecule has 1 nitrogen and oxygen atoms in total. The maximum Gasteiger partial charge on any atom is 0.164 e. The number of Topliss-reactive ketones (excluding diaryl/α,β-unsaturated/α-hetero) is 1. The fourth-order valence-corrected chi connectivity index (χ4v) is 4.25. The number of aryl methyl sites for hydroxylation is 2. The SMILES string of the molecule is Cc1cccc(C)c1S[C@@H](CC(=O)c1ccccc1)c1ccccc1. The first-order valence-corrected chi connectivity index (χ1v) is 9.39. The fourth-order valence-electron chi connectivity index (χ4n) is 2.93. The zero-order chi connectivity index (χ0) is 17.6. The Balaban J connectivity index is 1.90. The van der Waals surface area contributed by atoms with E-state index in [1.54, 1.807) is 11.8 Å². The zero-order valence-electron chi connectivity index (χ0n) is 14.6. The molecule has 0 aliphatic rings. The second-order valence-electron chi connectivity index (χ2n) is 6.23. The van der Waals surface area contributed by atoms with Gasteiger partial charge in [-0.25, -0.2) is 0 Å². The van der Waals surface area contributed by atoms with Crippen molar-refractivity contribution >= 4 is 17.5 Å². The highest BCUT2D eigenvalue weighted by atomic mass is 32.2. The van der Waals surface area contributed by atoms with Crippen LogP contribution in [0.2, 0.25) is 0 Å². The molecule has 3 rings (SSSR count). The van der Waals surface area contributed by atoms with Crippen molar-refractivity contribution in [2.45, 2.75) is 30.4 Å². The molecule has 0 aliphatic carbocycles. The van der Waals surface area contributed by atoms with Crippen molar-refractivity contribution in [3.05, 3.63) is 101 Å². The molecule has 0 amide bonds. The molecule has 2 heteroatoms. The summed E-state index contributed by atoms with van der Waals surface area (Å²) < 4.78 is 0. The lowest BCUT2D eigenvalue weighted by molar-refractivity contribution is 0.0982. The van der Waals surface area contributed by atoms with Crippen LogP contribution < -0.4 is 0 Å². The molecule has 0 aliphatic heterocycles. The van der Waals surface area contributed by atoms with Crippen LogP contribution in [-0.2, 0) is 0 Å². The van der Waals surface area contributed by atoms with Gasteiger partial charge in [0, 0.05) is 22.1 Å². The van der Waals surface area contributed by atoms with Gasteiger partial charge in [-0.1, -0.05) is 78.9 Å². The number of ketones is 1. The molecule has 0 saturated carbocycles. The van der Waals surface area contributed by atoms with E-state index in [1.807, 2.05) is 48.5 Å². The van der Waals surface area contributed by atoms with Crippen molar-refractivity contribution in [3.63, 3.8) is 0 Å². The summed E-state index contributed by atoms with van der Waals surface area (Å²) >= 11 is 1.80. The molecule has 3 aromatic carbocycles. The highest BCUT2D eigenvalue weighted by molar-refractivity contribution is 7.99. The van der Waals surface area contributed by atoms with Gasteiger partial charge in [-0.3, -0.25) is 4.79 Å². The van der Waals surface area contributed by atoms with E-state index < -0.39 is 0 Å². The third-order valence-electron chi connectivity index (χ3n) is 4.31. The van der Waals surface area contributed by atoms with Gasteiger partial charge in [0.1, 0.15) is 0 Å². The molecule has 0 spiro atoms. The molecular weight excluding hydrogens is 324 g/mol. The number of carbonyl (C=O) groups is 1. The summed E-state index contributed by atoms with van der Waals surface area (Å²) in [6.45, 7) is 4.27. The Morgan fingerprint density at radius 3 is 1.96 bits per heavy atom. The van der Waals surface area contributed by atoms with E-state index in [9.17, 15) is 4.79 Å². The fraction of sp³-hybridized carbons (Fsp3) is 0.174. The van der Waals surface area contributed by atoms with Gasteiger partial charge in [0.25, 0.3) is 0 Å². The molecule has 0 saturated heterocycles. The molecule has 126 valence electrons. The molecule has 3 aromatic rings. The first kappa shape index (κ1) is 17.5. The molecule has 0 radical (unpaired) electrons. The van der Waals surface area contributed by atoms with Crippen LogP contribution in [0.25, 0.3) is 0 Å². The molecule has 0 aromatic heterocycles. The van der Waals surface area contributed by atoms with Crippen LogP contribution in [-0.4, -0.2) is 5.78 Å². The first-order chi connectivity index (χ1) is 12.1. The average Bonchev–Trinajstić information content (AvgIpc) is 2.65. The lowest BCUT2D eigenvalue weighted by Crippen LogP contribution is -2.06. The molecular formula is C23H22OS. The maximum atomic E-state index is 12.8. The zero-order valence-corrected chi connectivity index (χ0v) is 15.4. The summed E-state index contributed by atoms with van der Waals surface area (Å²) in [7, 11) is 0. The van der Waals surface area contributed by atoms with Crippen molar-refractivity contribution in [2.75, 3.05) is 0 Å². The average molecular weight is 346 g/mol. The number of benzene rings is 3. The quantitative estimate of drug-likeness (QED) is 0.379. The summed E-state index contributed by atoms with van der Waals surface area (Å²) in [4.78, 5) is 14.1. The van der Waals surface area contributed by atoms with Gasteiger partial charge in [0.15, 0.2) is 5.78 Å². The van der Waals surface area contributed by atoms with Gasteiger partial charge in [0.05, 0.1) is 0 Å². The standard InChI is InChI=1S/C23H22OS/c1-17-10-9-11-18(2)23(17)25-22(20-14-7-4-8-15-20)16-21(24)19-12-5-3-6-13-19/h3-15,22H,16H2,1-2H3/t22-/m0/s1. The summed E-state index contributed by atoms with van der Waals surface area (Å²) in [5, 5.41) is 0.105. The van der Waals surface area contributed by atoms with Crippen LogP contribution in [0.3, 0.4) is 0 Å². The number of hydrogen-bond acceptors (Lipinski definition) is 2. The third kappa shape index (κ3) is 4.40. The minimum atomic E-state index is 0.105. The lowest BCUT2D eigenvalue weighted by Gasteiger charge is -2.19. The van der Waals surface area contributed by atoms with Crippen LogP contribution in [0.5, 0.6) is 0 Å². The number of thioether (sulfide) groups is 1. The number of hydrogen-bond donors (Lipinski definition) is 0. The van der Waals surface area contributed by atoms with E-state index in [4.69, 9.17) is 0 Å². The van der Waals surface area contributed by atoms with E-state index in [0.717, 1.165) is 5.56 Å². The molecule has 0 heterocycles. The normalized spacial score (nSPS) is 11.9. The smallest absolute Gasteiger partial charge is 0.164 e. The van der Waals surface area contributed by atoms with Crippen molar-refractivity contribution in [3.8, 4) is 0 Å². The largest absolute Gasteiger partial charge is 0.294 e. The Kier molecular flexibility index (Phi) is 5.72. The van der Waals surface area contributed by atoms with Gasteiger partial charge >= 0.3 is 0 Å². The van der Waals surface area contributed by atoms with E-state index in [2.05, 4.69) is 44.2 Å². The summed E-state index contributed by atoms with van der Waals surface area (Å²) in [5.41, 5.74) is 4.50. The van der Waals surface area contributed by atoms with Gasteiger partial charge in [-0.05, 0) is 30.5 Å². The minimum Gasteiger partial charge on any atom is -0.294 e. The predicted octanol–water partition coefficient (Wildman–Crippen LogP) is 6.41. The van der Waals surface area contributed by atoms with Gasteiger partial charge in [-0.2, -0.15) is 0 Å². The summed E-state index contributed by atoms with van der Waals surface area (Å²) in [6, 6.07) is 26.3. The predicted molar refractivity (Wildman–Crippen MR) is 106 cm³/mol. The second kappa shape index (κ2) is 8.17. The van der Waals surface area contributed by atoms with Gasteiger partial charge in [-0.15, -0.1) is 11.8 Å². The van der Waals surface area contributed by atoms with E-state index in [-0.39, 0.29) is 11.0 Å². The maximum absolute atomic E-state index is 12.8. The first-order valence-electron chi connectivity index (χ1n) is 8.51. The second-order valence-corrected chi connectivity index (χ2v) is 7.44. The molecule has 1 atom stereocenters. The van der Waals surface area contributed by atoms with E-state index in [1.165, 1.54) is 21.6 Å². The van der Waals surface area contributed by atoms with Crippen molar-refractivity contribution in [1.82, 2.24) is 0 Å². The van der Waals surface area contributed by atoms with Crippen molar-refractivity contribution < 1.29 is 4.79 Å². The monoisotopic (exact) mass is 346 g/mol. The van der Waals surface area contributed by atoms with E-state index in [0.29, 0.717) is 6.42 Å². The Bertz CT molecular complexity index is 820. The molecule has 0 bridgehead atoms.